The molecule has 4 amide bonds. The normalized spacial score (nSPS) is 27.7. The van der Waals surface area contributed by atoms with Crippen LogP contribution in [0.5, 0.6) is 0 Å². The largest absolute Gasteiger partial charge is 0.352 e. The van der Waals surface area contributed by atoms with Gasteiger partial charge < -0.3 is 10.6 Å². The topological polar surface area (TPSA) is 78.5 Å². The fourth-order valence-corrected chi connectivity index (χ4v) is 3.48. The van der Waals surface area contributed by atoms with Gasteiger partial charge in [-0.3, -0.25) is 14.5 Å². The number of hydrogen-bond donors (Lipinski definition) is 2. The minimum absolute atomic E-state index is 0.157. The smallest absolute Gasteiger partial charge is 0.325 e. The van der Waals surface area contributed by atoms with Crippen molar-refractivity contribution in [2.24, 2.45) is 5.92 Å². The summed E-state index contributed by atoms with van der Waals surface area (Å²) in [5.41, 5.74) is -0.838. The van der Waals surface area contributed by atoms with Gasteiger partial charge in [0.1, 0.15) is 12.1 Å². The lowest BCUT2D eigenvalue weighted by Gasteiger charge is -2.30. The van der Waals surface area contributed by atoms with E-state index in [9.17, 15) is 14.4 Å². The summed E-state index contributed by atoms with van der Waals surface area (Å²) in [5, 5.41) is 5.73. The zero-order valence-electron chi connectivity index (χ0n) is 13.8. The van der Waals surface area contributed by atoms with Gasteiger partial charge in [0.25, 0.3) is 5.91 Å². The van der Waals surface area contributed by atoms with Gasteiger partial charge in [-0.1, -0.05) is 33.6 Å². The third-order valence-corrected chi connectivity index (χ3v) is 5.21. The summed E-state index contributed by atoms with van der Waals surface area (Å²) >= 11 is 0. The fourth-order valence-electron chi connectivity index (χ4n) is 3.48. The molecule has 2 rings (SSSR count). The van der Waals surface area contributed by atoms with Crippen molar-refractivity contribution in [3.63, 3.8) is 0 Å². The number of urea groups is 1. The Hall–Kier alpha value is -1.59. The molecule has 0 unspecified atom stereocenters. The van der Waals surface area contributed by atoms with Gasteiger partial charge in [-0.2, -0.15) is 0 Å². The summed E-state index contributed by atoms with van der Waals surface area (Å²) in [6, 6.07) is -0.301. The molecule has 22 heavy (non-hydrogen) atoms. The molecule has 6 nitrogen and oxygen atoms in total. The van der Waals surface area contributed by atoms with E-state index < -0.39 is 11.6 Å². The lowest BCUT2D eigenvalue weighted by atomic mass is 9.86. The van der Waals surface area contributed by atoms with Crippen LogP contribution in [0, 0.1) is 5.92 Å². The van der Waals surface area contributed by atoms with Crippen LogP contribution >= 0.6 is 0 Å². The van der Waals surface area contributed by atoms with Gasteiger partial charge >= 0.3 is 6.03 Å². The van der Waals surface area contributed by atoms with E-state index in [0.717, 1.165) is 24.2 Å². The second kappa shape index (κ2) is 6.67. The summed E-state index contributed by atoms with van der Waals surface area (Å²) in [4.78, 5) is 37.7. The Balaban J connectivity index is 1.96. The van der Waals surface area contributed by atoms with E-state index in [-0.39, 0.29) is 24.4 Å². The van der Waals surface area contributed by atoms with Crippen LogP contribution in [0.15, 0.2) is 0 Å². The third kappa shape index (κ3) is 3.10. The number of amides is 4. The number of nitrogens with zero attached hydrogens (tertiary/aromatic N) is 1. The lowest BCUT2D eigenvalue weighted by molar-refractivity contribution is -0.135. The van der Waals surface area contributed by atoms with Crippen molar-refractivity contribution in [2.75, 3.05) is 6.54 Å². The highest BCUT2D eigenvalue weighted by Crippen LogP contribution is 2.25. The minimum atomic E-state index is -0.838. The second-order valence-electron chi connectivity index (χ2n) is 6.55. The zero-order chi connectivity index (χ0) is 16.3. The molecule has 0 aromatic rings. The molecule has 6 heteroatoms. The Morgan fingerprint density at radius 1 is 1.27 bits per heavy atom. The highest BCUT2D eigenvalue weighted by atomic mass is 16.2. The average molecular weight is 309 g/mol. The summed E-state index contributed by atoms with van der Waals surface area (Å²) in [7, 11) is 0. The predicted molar refractivity (Wildman–Crippen MR) is 83.1 cm³/mol. The van der Waals surface area contributed by atoms with E-state index in [1.807, 2.05) is 13.8 Å². The molecule has 1 saturated carbocycles. The molecule has 0 aromatic heterocycles. The number of nitrogens with one attached hydrogen (secondary N) is 2. The lowest BCUT2D eigenvalue weighted by Crippen LogP contribution is -2.48. The van der Waals surface area contributed by atoms with Crippen LogP contribution in [-0.4, -0.2) is 40.9 Å². The highest BCUT2D eigenvalue weighted by Gasteiger charge is 2.49. The fraction of sp³-hybridized carbons (Fsp3) is 0.812. The standard InChI is InChI=1S/C16H27N3O3/c1-4-16(5-2)14(21)19(15(22)18-16)10-13(20)17-12-9-7-6-8-11(12)3/h11-12H,4-10H2,1-3H3,(H,17,20)(H,18,22)/t11-,12-/m1/s1. The van der Waals surface area contributed by atoms with Gasteiger partial charge in [-0.25, -0.2) is 4.79 Å². The first-order valence-electron chi connectivity index (χ1n) is 8.37. The Morgan fingerprint density at radius 3 is 2.45 bits per heavy atom. The van der Waals surface area contributed by atoms with E-state index in [0.29, 0.717) is 18.8 Å². The SMILES string of the molecule is CCC1(CC)NC(=O)N(CC(=O)N[C@@H]2CCCC[C@H]2C)C1=O. The quantitative estimate of drug-likeness (QED) is 0.760. The minimum Gasteiger partial charge on any atom is -0.352 e. The molecule has 124 valence electrons. The summed E-state index contributed by atoms with van der Waals surface area (Å²) in [5.74, 6) is -0.0780. The molecule has 2 fully saturated rings. The summed E-state index contributed by atoms with van der Waals surface area (Å²) in [6.45, 7) is 5.69. The monoisotopic (exact) mass is 309 g/mol. The number of carbonyl (C=O) groups excluding carboxylic acids is 3. The van der Waals surface area contributed by atoms with Crippen LogP contribution in [0.25, 0.3) is 0 Å². The predicted octanol–water partition coefficient (Wildman–Crippen LogP) is 1.79. The van der Waals surface area contributed by atoms with Gasteiger partial charge in [0.15, 0.2) is 0 Å². The maximum atomic E-state index is 12.5. The van der Waals surface area contributed by atoms with Crippen LogP contribution < -0.4 is 10.6 Å². The molecule has 0 aromatic carbocycles. The van der Waals surface area contributed by atoms with Crippen molar-refractivity contribution in [3.8, 4) is 0 Å². The van der Waals surface area contributed by atoms with Crippen molar-refractivity contribution in [1.29, 1.82) is 0 Å². The first-order valence-corrected chi connectivity index (χ1v) is 8.37. The van der Waals surface area contributed by atoms with Crippen LogP contribution in [0.2, 0.25) is 0 Å². The molecule has 1 heterocycles. The maximum Gasteiger partial charge on any atom is 0.325 e. The first-order chi connectivity index (χ1) is 10.4. The Bertz CT molecular complexity index is 460. The number of rotatable bonds is 5. The number of carbonyl (C=O) groups is 3. The Kier molecular flexibility index (Phi) is 5.08. The van der Waals surface area contributed by atoms with Crippen molar-refractivity contribution < 1.29 is 14.4 Å². The van der Waals surface area contributed by atoms with Crippen molar-refractivity contribution in [3.05, 3.63) is 0 Å². The first kappa shape index (κ1) is 16.8. The Morgan fingerprint density at radius 2 is 1.91 bits per heavy atom. The van der Waals surface area contributed by atoms with E-state index in [1.165, 1.54) is 6.42 Å². The van der Waals surface area contributed by atoms with E-state index in [1.54, 1.807) is 0 Å². The van der Waals surface area contributed by atoms with Gasteiger partial charge in [0, 0.05) is 6.04 Å². The van der Waals surface area contributed by atoms with E-state index >= 15 is 0 Å². The molecule has 0 spiro atoms. The van der Waals surface area contributed by atoms with Crippen LogP contribution in [0.4, 0.5) is 4.79 Å². The number of hydrogen-bond acceptors (Lipinski definition) is 3. The molecular weight excluding hydrogens is 282 g/mol. The van der Waals surface area contributed by atoms with Crippen LogP contribution in [0.3, 0.4) is 0 Å². The maximum absolute atomic E-state index is 12.5. The molecular formula is C16H27N3O3. The Labute approximate surface area is 132 Å². The molecule has 0 bridgehead atoms. The van der Waals surface area contributed by atoms with Crippen molar-refractivity contribution >= 4 is 17.8 Å². The molecule has 1 saturated heterocycles. The molecule has 1 aliphatic heterocycles. The summed E-state index contributed by atoms with van der Waals surface area (Å²) < 4.78 is 0. The average Bonchev–Trinajstić information content (AvgIpc) is 2.74. The summed E-state index contributed by atoms with van der Waals surface area (Å²) in [6.07, 6.45) is 5.48. The zero-order valence-corrected chi connectivity index (χ0v) is 13.8. The van der Waals surface area contributed by atoms with E-state index in [4.69, 9.17) is 0 Å². The van der Waals surface area contributed by atoms with Crippen LogP contribution in [-0.2, 0) is 9.59 Å². The van der Waals surface area contributed by atoms with Gasteiger partial charge in [-0.15, -0.1) is 0 Å². The molecule has 1 aliphatic carbocycles. The van der Waals surface area contributed by atoms with Gasteiger partial charge in [0.2, 0.25) is 5.91 Å². The number of imide groups is 1. The molecule has 2 aliphatic rings. The van der Waals surface area contributed by atoms with Crippen LogP contribution in [0.1, 0.15) is 59.3 Å². The van der Waals surface area contributed by atoms with Crippen molar-refractivity contribution in [1.82, 2.24) is 15.5 Å². The van der Waals surface area contributed by atoms with Crippen molar-refractivity contribution in [2.45, 2.75) is 70.9 Å². The highest BCUT2D eigenvalue weighted by molar-refractivity contribution is 6.08. The van der Waals surface area contributed by atoms with E-state index in [2.05, 4.69) is 17.6 Å². The second-order valence-corrected chi connectivity index (χ2v) is 6.55. The molecule has 0 radical (unpaired) electrons. The molecule has 2 atom stereocenters. The van der Waals surface area contributed by atoms with Gasteiger partial charge in [0.05, 0.1) is 0 Å². The van der Waals surface area contributed by atoms with Gasteiger partial charge in [-0.05, 0) is 31.6 Å². The molecule has 2 N–H and O–H groups in total. The third-order valence-electron chi connectivity index (χ3n) is 5.21.